The maximum Gasteiger partial charge on any atom is -1.00 e. The summed E-state index contributed by atoms with van der Waals surface area (Å²) in [7, 11) is 0. The van der Waals surface area contributed by atoms with Gasteiger partial charge in [-0.3, -0.25) is 0 Å². The summed E-state index contributed by atoms with van der Waals surface area (Å²) >= 11 is 8.64. The first-order chi connectivity index (χ1) is 7.66. The molecule has 3 rings (SSSR count). The molecule has 2 aromatic rings. The van der Waals surface area contributed by atoms with Crippen molar-refractivity contribution in [3.63, 3.8) is 0 Å². The monoisotopic (exact) mass is 516 g/mol. The van der Waals surface area contributed by atoms with Crippen molar-refractivity contribution < 1.29 is 61.9 Å². The third kappa shape index (κ3) is 3.68. The summed E-state index contributed by atoms with van der Waals surface area (Å²) in [5.74, 6) is 0. The summed E-state index contributed by atoms with van der Waals surface area (Å²) in [6.07, 6.45) is 1.07. The molecule has 98 valence electrons. The van der Waals surface area contributed by atoms with Crippen molar-refractivity contribution in [2.75, 3.05) is 0 Å². The zero-order valence-corrected chi connectivity index (χ0v) is 17.4. The second-order valence-corrected chi connectivity index (χ2v) is 6.93. The fourth-order valence-corrected chi connectivity index (χ4v) is 3.75. The molecule has 1 aliphatic rings. The fraction of sp³-hybridized carbons (Fsp3) is 0.0769. The van der Waals surface area contributed by atoms with E-state index in [0.717, 1.165) is 6.42 Å². The molecule has 0 bridgehead atoms. The molecule has 0 fully saturated rings. The Morgan fingerprint density at radius 1 is 0.895 bits per heavy atom. The van der Waals surface area contributed by atoms with Gasteiger partial charge in [0.25, 0.3) is 0 Å². The van der Waals surface area contributed by atoms with Gasteiger partial charge in [0.2, 0.25) is 0 Å². The summed E-state index contributed by atoms with van der Waals surface area (Å²) < 4.78 is 3.87. The Balaban J connectivity index is 0.00000108. The first-order valence-electron chi connectivity index (χ1n) is 4.98. The Labute approximate surface area is 163 Å². The minimum atomic E-state index is 0. The van der Waals surface area contributed by atoms with E-state index in [1.54, 1.807) is 0 Å². The van der Waals surface area contributed by atoms with Gasteiger partial charge in [0, 0.05) is 0 Å². The van der Waals surface area contributed by atoms with Crippen molar-refractivity contribution in [2.45, 2.75) is 6.42 Å². The van der Waals surface area contributed by atoms with E-state index in [0.29, 0.717) is 0 Å². The fourth-order valence-electron chi connectivity index (χ4n) is 2.22. The number of hydrogen-bond donors (Lipinski definition) is 0. The molecule has 0 nitrogen and oxygen atoms in total. The summed E-state index contributed by atoms with van der Waals surface area (Å²) in [6.45, 7) is 0. The van der Waals surface area contributed by atoms with Crippen LogP contribution in [-0.4, -0.2) is 0 Å². The van der Waals surface area contributed by atoms with E-state index in [2.05, 4.69) is 62.2 Å². The van der Waals surface area contributed by atoms with Crippen LogP contribution in [0.4, 0.5) is 0 Å². The molecule has 2 aromatic carbocycles. The molecule has 0 aromatic heterocycles. The molecule has 0 amide bonds. The number of benzene rings is 2. The normalized spacial score (nSPS) is 10.5. The van der Waals surface area contributed by atoms with Crippen LogP contribution in [0.3, 0.4) is 0 Å². The van der Waals surface area contributed by atoms with Crippen LogP contribution in [0.1, 0.15) is 11.1 Å². The molecule has 0 radical (unpaired) electrons. The summed E-state index contributed by atoms with van der Waals surface area (Å²) in [4.78, 5) is 0. The van der Waals surface area contributed by atoms with Gasteiger partial charge in [0.1, 0.15) is 0 Å². The third-order valence-electron chi connectivity index (χ3n) is 2.99. The van der Waals surface area contributed by atoms with Gasteiger partial charge in [-0.25, -0.2) is 0 Å². The molecule has 0 heterocycles. The molecule has 0 unspecified atom stereocenters. The van der Waals surface area contributed by atoms with Gasteiger partial charge >= 0.3 is 128 Å². The van der Waals surface area contributed by atoms with Crippen molar-refractivity contribution >= 4 is 35.1 Å². The minimum absolute atomic E-state index is 0. The van der Waals surface area contributed by atoms with Crippen molar-refractivity contribution in [3.8, 4) is 11.1 Å². The van der Waals surface area contributed by atoms with Crippen molar-refractivity contribution in [1.82, 2.24) is 0 Å². The molecule has 0 saturated carbocycles. The molecule has 1 aliphatic carbocycles. The largest absolute Gasteiger partial charge is 1.00 e. The van der Waals surface area contributed by atoms with E-state index in [4.69, 9.17) is 0 Å². The zero-order valence-electron chi connectivity index (χ0n) is 9.48. The quantitative estimate of drug-likeness (QED) is 0.279. The van der Waals surface area contributed by atoms with E-state index < -0.39 is 0 Å². The Bertz CT molecular complexity index is 603. The SMILES string of the molecule is Brc1ccc2c(c1)Cc1c-2ccc(Br)[c]1[Zr+3].[Cl-].[Cl-].[Cl-]. The van der Waals surface area contributed by atoms with Crippen molar-refractivity contribution in [3.05, 3.63) is 50.4 Å². The van der Waals surface area contributed by atoms with E-state index in [1.165, 1.54) is 59.2 Å². The summed E-state index contributed by atoms with van der Waals surface area (Å²) in [5.41, 5.74) is 5.75. The molecular formula is C13H7Br2Cl3Zr. The third-order valence-corrected chi connectivity index (χ3v) is 6.44. The zero-order chi connectivity index (χ0) is 11.3. The van der Waals surface area contributed by atoms with Gasteiger partial charge in [-0.05, 0) is 0 Å². The number of halogens is 5. The number of rotatable bonds is 0. The Kier molecular flexibility index (Phi) is 8.45. The smallest absolute Gasteiger partial charge is 1.00 e. The second kappa shape index (κ2) is 7.96. The van der Waals surface area contributed by atoms with Crippen molar-refractivity contribution in [2.24, 2.45) is 0 Å². The van der Waals surface area contributed by atoms with E-state index in [9.17, 15) is 0 Å². The molecule has 0 N–H and O–H groups in total. The summed E-state index contributed by atoms with van der Waals surface area (Å²) in [5, 5.41) is 0. The van der Waals surface area contributed by atoms with Crippen LogP contribution in [0.15, 0.2) is 39.3 Å². The number of hydrogen-bond acceptors (Lipinski definition) is 0. The maximum absolute atomic E-state index is 3.62. The minimum Gasteiger partial charge on any atom is -1.00 e. The van der Waals surface area contributed by atoms with Crippen LogP contribution in [0.5, 0.6) is 0 Å². The maximum atomic E-state index is 3.62. The van der Waals surface area contributed by atoms with Crippen LogP contribution in [0.25, 0.3) is 11.1 Å². The van der Waals surface area contributed by atoms with Crippen LogP contribution >= 0.6 is 31.9 Å². The second-order valence-electron chi connectivity index (χ2n) is 3.93. The van der Waals surface area contributed by atoms with E-state index in [1.807, 2.05) is 0 Å². The first-order valence-corrected chi connectivity index (χ1v) is 7.80. The molecule has 6 heteroatoms. The molecule has 0 saturated heterocycles. The Morgan fingerprint density at radius 3 is 2.21 bits per heavy atom. The molecular weight excluding hydrogens is 514 g/mol. The predicted molar refractivity (Wildman–Crippen MR) is 69.7 cm³/mol. The Hall–Kier alpha value is 1.15. The average molecular weight is 521 g/mol. The van der Waals surface area contributed by atoms with Crippen LogP contribution < -0.4 is 40.5 Å². The van der Waals surface area contributed by atoms with E-state index in [-0.39, 0.29) is 37.2 Å². The van der Waals surface area contributed by atoms with Crippen molar-refractivity contribution in [1.29, 1.82) is 0 Å². The first kappa shape index (κ1) is 20.2. The number of fused-ring (bicyclic) bond motifs is 3. The molecule has 0 spiro atoms. The van der Waals surface area contributed by atoms with Gasteiger partial charge in [-0.15, -0.1) is 0 Å². The topological polar surface area (TPSA) is 0 Å². The Morgan fingerprint density at radius 2 is 1.53 bits per heavy atom. The predicted octanol–water partition coefficient (Wildman–Crippen LogP) is -5.03. The molecule has 0 atom stereocenters. The van der Waals surface area contributed by atoms with Crippen LogP contribution in [0.2, 0.25) is 0 Å². The van der Waals surface area contributed by atoms with Gasteiger partial charge in [0.05, 0.1) is 0 Å². The van der Waals surface area contributed by atoms with Gasteiger partial charge < -0.3 is 37.2 Å². The van der Waals surface area contributed by atoms with E-state index >= 15 is 0 Å². The molecule has 19 heavy (non-hydrogen) atoms. The van der Waals surface area contributed by atoms with Crippen LogP contribution in [0, 0.1) is 0 Å². The average Bonchev–Trinajstić information content (AvgIpc) is 2.62. The van der Waals surface area contributed by atoms with Gasteiger partial charge in [-0.2, -0.15) is 0 Å². The summed E-state index contributed by atoms with van der Waals surface area (Å²) in [6, 6.07) is 11.0. The van der Waals surface area contributed by atoms with Gasteiger partial charge in [-0.1, -0.05) is 0 Å². The standard InChI is InChI=1S/C13H7Br2.3ClH.Zr/c14-10-1-3-12-8(6-10)5-9-7-11(15)2-4-13(9)12;;;;/h1-4,6H,5H2;3*1H;/q;;;;+3/p-3. The van der Waals surface area contributed by atoms with Gasteiger partial charge in [0.15, 0.2) is 0 Å². The molecule has 0 aliphatic heterocycles. The van der Waals surface area contributed by atoms with Crippen LogP contribution in [-0.2, 0) is 31.1 Å².